The molecule has 146 valence electrons. The van der Waals surface area contributed by atoms with E-state index in [1.54, 1.807) is 27.4 Å². The lowest BCUT2D eigenvalue weighted by Crippen LogP contribution is -2.05. The normalized spacial score (nSPS) is 10.2. The van der Waals surface area contributed by atoms with Gasteiger partial charge < -0.3 is 24.3 Å². The third-order valence-electron chi connectivity index (χ3n) is 4.16. The van der Waals surface area contributed by atoms with Crippen LogP contribution in [-0.2, 0) is 13.2 Å². The van der Waals surface area contributed by atoms with E-state index in [0.29, 0.717) is 24.8 Å². The number of hydrogen-bond acceptors (Lipinski definition) is 7. The molecule has 3 rings (SSSR count). The van der Waals surface area contributed by atoms with Crippen molar-refractivity contribution in [3.63, 3.8) is 0 Å². The van der Waals surface area contributed by atoms with Crippen LogP contribution in [0.4, 0.5) is 5.82 Å². The number of nitrogens with zero attached hydrogens (tertiary/aromatic N) is 2. The summed E-state index contributed by atoms with van der Waals surface area (Å²) in [6.07, 6.45) is 1.46. The van der Waals surface area contributed by atoms with Gasteiger partial charge in [-0.1, -0.05) is 18.2 Å². The van der Waals surface area contributed by atoms with Gasteiger partial charge >= 0.3 is 0 Å². The van der Waals surface area contributed by atoms with Crippen LogP contribution in [0.15, 0.2) is 54.9 Å². The van der Waals surface area contributed by atoms with Gasteiger partial charge in [-0.15, -0.1) is 0 Å². The van der Waals surface area contributed by atoms with E-state index in [2.05, 4.69) is 15.3 Å². The molecule has 0 radical (unpaired) electrons. The van der Waals surface area contributed by atoms with E-state index < -0.39 is 0 Å². The molecule has 0 fully saturated rings. The summed E-state index contributed by atoms with van der Waals surface area (Å²) in [5.41, 5.74) is 1.90. The minimum atomic E-state index is 0.295. The Balaban J connectivity index is 1.65. The Kier molecular flexibility index (Phi) is 6.51. The topological polar surface area (TPSA) is 74.7 Å². The van der Waals surface area contributed by atoms with Crippen molar-refractivity contribution in [2.75, 3.05) is 26.6 Å². The fraction of sp³-hybridized carbons (Fsp3) is 0.238. The van der Waals surface area contributed by atoms with Gasteiger partial charge in [0, 0.05) is 23.7 Å². The molecule has 0 bridgehead atoms. The summed E-state index contributed by atoms with van der Waals surface area (Å²) in [6.45, 7) is 0.869. The van der Waals surface area contributed by atoms with Crippen molar-refractivity contribution in [3.8, 4) is 23.1 Å². The van der Waals surface area contributed by atoms with Gasteiger partial charge in [0.05, 0.1) is 21.3 Å². The second kappa shape index (κ2) is 9.45. The Morgan fingerprint density at radius 3 is 2.39 bits per heavy atom. The van der Waals surface area contributed by atoms with Gasteiger partial charge in [0.25, 0.3) is 0 Å². The Labute approximate surface area is 164 Å². The molecule has 0 aliphatic rings. The third kappa shape index (κ3) is 4.82. The average Bonchev–Trinajstić information content (AvgIpc) is 2.76. The second-order valence-corrected chi connectivity index (χ2v) is 5.87. The molecule has 0 unspecified atom stereocenters. The molecule has 1 aromatic heterocycles. The molecular formula is C21H23N3O4. The van der Waals surface area contributed by atoms with Gasteiger partial charge in [0.15, 0.2) is 0 Å². The van der Waals surface area contributed by atoms with E-state index >= 15 is 0 Å². The molecule has 0 amide bonds. The lowest BCUT2D eigenvalue weighted by Gasteiger charge is -2.12. The summed E-state index contributed by atoms with van der Waals surface area (Å²) in [5, 5.41) is 3.26. The molecule has 0 aliphatic carbocycles. The maximum Gasteiger partial charge on any atom is 0.218 e. The van der Waals surface area contributed by atoms with E-state index in [0.717, 1.165) is 28.4 Å². The van der Waals surface area contributed by atoms with E-state index in [4.69, 9.17) is 18.9 Å². The van der Waals surface area contributed by atoms with Crippen LogP contribution >= 0.6 is 0 Å². The smallest absolute Gasteiger partial charge is 0.218 e. The molecule has 0 saturated carbocycles. The van der Waals surface area contributed by atoms with Crippen LogP contribution in [0.1, 0.15) is 11.1 Å². The number of ether oxygens (including phenoxy) is 4. The minimum absolute atomic E-state index is 0.295. The van der Waals surface area contributed by atoms with Crippen molar-refractivity contribution in [1.29, 1.82) is 0 Å². The SMILES string of the molecule is COc1ccc(OC)c(COc2cc(NCc3ccccc3OC)ncn2)c1. The van der Waals surface area contributed by atoms with Crippen molar-refractivity contribution in [2.45, 2.75) is 13.2 Å². The molecule has 0 atom stereocenters. The van der Waals surface area contributed by atoms with Crippen molar-refractivity contribution in [1.82, 2.24) is 9.97 Å². The van der Waals surface area contributed by atoms with Gasteiger partial charge in [-0.2, -0.15) is 0 Å². The zero-order valence-electron chi connectivity index (χ0n) is 16.1. The van der Waals surface area contributed by atoms with Crippen LogP contribution in [0.2, 0.25) is 0 Å². The Hall–Kier alpha value is -3.48. The highest BCUT2D eigenvalue weighted by atomic mass is 16.5. The van der Waals surface area contributed by atoms with E-state index in [-0.39, 0.29) is 0 Å². The Bertz CT molecular complexity index is 918. The maximum absolute atomic E-state index is 5.82. The summed E-state index contributed by atoms with van der Waals surface area (Å²) in [6, 6.07) is 15.1. The number of rotatable bonds is 9. The number of anilines is 1. The molecule has 1 heterocycles. The summed E-state index contributed by atoms with van der Waals surface area (Å²) < 4.78 is 21.8. The van der Waals surface area contributed by atoms with E-state index in [1.807, 2.05) is 42.5 Å². The Morgan fingerprint density at radius 1 is 0.821 bits per heavy atom. The first-order chi connectivity index (χ1) is 13.7. The largest absolute Gasteiger partial charge is 0.497 e. The number of hydrogen-bond donors (Lipinski definition) is 1. The number of aromatic nitrogens is 2. The number of benzene rings is 2. The molecule has 7 nitrogen and oxygen atoms in total. The fourth-order valence-corrected chi connectivity index (χ4v) is 2.70. The van der Waals surface area contributed by atoms with Crippen LogP contribution in [0.25, 0.3) is 0 Å². The fourth-order valence-electron chi connectivity index (χ4n) is 2.70. The van der Waals surface area contributed by atoms with E-state index in [9.17, 15) is 0 Å². The number of methoxy groups -OCH3 is 3. The highest BCUT2D eigenvalue weighted by Gasteiger charge is 2.08. The minimum Gasteiger partial charge on any atom is -0.497 e. The summed E-state index contributed by atoms with van der Waals surface area (Å²) in [7, 11) is 4.90. The lowest BCUT2D eigenvalue weighted by atomic mass is 10.2. The van der Waals surface area contributed by atoms with Gasteiger partial charge in [0.2, 0.25) is 5.88 Å². The molecular weight excluding hydrogens is 358 g/mol. The zero-order valence-corrected chi connectivity index (χ0v) is 16.1. The highest BCUT2D eigenvalue weighted by molar-refractivity contribution is 5.42. The predicted molar refractivity (Wildman–Crippen MR) is 106 cm³/mol. The summed E-state index contributed by atoms with van der Waals surface area (Å²) in [4.78, 5) is 8.41. The molecule has 0 aliphatic heterocycles. The Morgan fingerprint density at radius 2 is 1.61 bits per heavy atom. The van der Waals surface area contributed by atoms with Crippen LogP contribution in [0, 0.1) is 0 Å². The van der Waals surface area contributed by atoms with Crippen LogP contribution in [0.5, 0.6) is 23.1 Å². The second-order valence-electron chi connectivity index (χ2n) is 5.87. The monoisotopic (exact) mass is 381 g/mol. The first kappa shape index (κ1) is 19.3. The number of para-hydroxylation sites is 1. The van der Waals surface area contributed by atoms with Crippen LogP contribution < -0.4 is 24.3 Å². The summed E-state index contributed by atoms with van der Waals surface area (Å²) >= 11 is 0. The summed E-state index contributed by atoms with van der Waals surface area (Å²) in [5.74, 6) is 3.41. The molecule has 28 heavy (non-hydrogen) atoms. The molecule has 0 spiro atoms. The first-order valence-electron chi connectivity index (χ1n) is 8.75. The van der Waals surface area contributed by atoms with E-state index in [1.165, 1.54) is 6.33 Å². The molecule has 3 aromatic rings. The van der Waals surface area contributed by atoms with Crippen LogP contribution in [-0.4, -0.2) is 31.3 Å². The third-order valence-corrected chi connectivity index (χ3v) is 4.16. The average molecular weight is 381 g/mol. The van der Waals surface area contributed by atoms with Crippen molar-refractivity contribution >= 4 is 5.82 Å². The standard InChI is InChI=1S/C21H23N3O4/c1-25-17-8-9-19(27-3)16(10-17)13-28-21-11-20(23-14-24-21)22-12-15-6-4-5-7-18(15)26-2/h4-11,14H,12-13H2,1-3H3,(H,22,23,24). The van der Waals surface area contributed by atoms with Crippen LogP contribution in [0.3, 0.4) is 0 Å². The predicted octanol–water partition coefficient (Wildman–Crippen LogP) is 3.69. The van der Waals surface area contributed by atoms with Gasteiger partial charge in [-0.3, -0.25) is 0 Å². The zero-order chi connectivity index (χ0) is 19.8. The molecule has 1 N–H and O–H groups in total. The van der Waals surface area contributed by atoms with Gasteiger partial charge in [0.1, 0.15) is 36.0 Å². The first-order valence-corrected chi connectivity index (χ1v) is 8.75. The highest BCUT2D eigenvalue weighted by Crippen LogP contribution is 2.25. The number of nitrogens with one attached hydrogen (secondary N) is 1. The quantitative estimate of drug-likeness (QED) is 0.606. The van der Waals surface area contributed by atoms with Gasteiger partial charge in [-0.25, -0.2) is 9.97 Å². The molecule has 0 saturated heterocycles. The molecule has 2 aromatic carbocycles. The lowest BCUT2D eigenvalue weighted by molar-refractivity contribution is 0.284. The van der Waals surface area contributed by atoms with Crippen molar-refractivity contribution < 1.29 is 18.9 Å². The van der Waals surface area contributed by atoms with Gasteiger partial charge in [-0.05, 0) is 24.3 Å². The maximum atomic E-state index is 5.82. The van der Waals surface area contributed by atoms with Crippen molar-refractivity contribution in [2.24, 2.45) is 0 Å². The molecule has 7 heteroatoms. The van der Waals surface area contributed by atoms with Crippen molar-refractivity contribution in [3.05, 3.63) is 66.0 Å².